The SMILES string of the molecule is FC(F)=C1C(=C(F)F)C(F)(F)C1(F)F. The Balaban J connectivity index is 3.39. The van der Waals surface area contributed by atoms with Crippen molar-refractivity contribution in [2.24, 2.45) is 0 Å². The second kappa shape index (κ2) is 2.71. The Bertz CT molecular complexity index is 294. The summed E-state index contributed by atoms with van der Waals surface area (Å²) in [5, 5.41) is 0. The molecule has 0 nitrogen and oxygen atoms in total. The first-order chi connectivity index (χ1) is 6.14. The average molecular weight is 224 g/mol. The first kappa shape index (κ1) is 11.0. The lowest BCUT2D eigenvalue weighted by molar-refractivity contribution is -0.199. The summed E-state index contributed by atoms with van der Waals surface area (Å²) in [6.07, 6.45) is -6.47. The Hall–Kier alpha value is -1.08. The molecule has 0 aromatic carbocycles. The van der Waals surface area contributed by atoms with Crippen LogP contribution >= 0.6 is 0 Å². The largest absolute Gasteiger partial charge is 0.345 e. The van der Waals surface area contributed by atoms with Crippen molar-refractivity contribution < 1.29 is 35.1 Å². The molecule has 0 spiro atoms. The van der Waals surface area contributed by atoms with E-state index in [4.69, 9.17) is 0 Å². The second-order valence-corrected chi connectivity index (χ2v) is 2.42. The molecule has 1 saturated carbocycles. The van der Waals surface area contributed by atoms with Crippen LogP contribution in [0.3, 0.4) is 0 Å². The van der Waals surface area contributed by atoms with Gasteiger partial charge in [0.2, 0.25) is 0 Å². The van der Waals surface area contributed by atoms with Crippen molar-refractivity contribution in [3.05, 3.63) is 23.3 Å². The van der Waals surface area contributed by atoms with E-state index in [0.717, 1.165) is 0 Å². The third-order valence-corrected chi connectivity index (χ3v) is 1.65. The molecule has 14 heavy (non-hydrogen) atoms. The van der Waals surface area contributed by atoms with E-state index in [2.05, 4.69) is 0 Å². The standard InChI is InChI=1S/C6F8/c7-3(8)1-2(4(9)10)6(13,14)5(1,11)12. The molecule has 0 radical (unpaired) electrons. The second-order valence-electron chi connectivity index (χ2n) is 2.42. The zero-order chi connectivity index (χ0) is 11.3. The van der Waals surface area contributed by atoms with Gasteiger partial charge in [-0.15, -0.1) is 0 Å². The molecular formula is C6F8. The van der Waals surface area contributed by atoms with Crippen molar-refractivity contribution in [1.82, 2.24) is 0 Å². The van der Waals surface area contributed by atoms with Crippen molar-refractivity contribution >= 4 is 0 Å². The van der Waals surface area contributed by atoms with Crippen LogP contribution in [0.1, 0.15) is 0 Å². The molecule has 0 aromatic rings. The Morgan fingerprint density at radius 2 is 0.857 bits per heavy atom. The monoisotopic (exact) mass is 224 g/mol. The highest BCUT2D eigenvalue weighted by atomic mass is 19.3. The van der Waals surface area contributed by atoms with Crippen LogP contribution in [0.25, 0.3) is 0 Å². The quantitative estimate of drug-likeness (QED) is 0.551. The summed E-state index contributed by atoms with van der Waals surface area (Å²) in [5.41, 5.74) is -5.16. The van der Waals surface area contributed by atoms with E-state index in [1.807, 2.05) is 0 Å². The van der Waals surface area contributed by atoms with E-state index in [0.29, 0.717) is 0 Å². The maximum atomic E-state index is 12.2. The van der Waals surface area contributed by atoms with Crippen LogP contribution in [0.2, 0.25) is 0 Å². The number of halogens is 8. The van der Waals surface area contributed by atoms with E-state index < -0.39 is 35.2 Å². The van der Waals surface area contributed by atoms with Crippen molar-refractivity contribution in [3.8, 4) is 0 Å². The summed E-state index contributed by atoms with van der Waals surface area (Å²) in [6.45, 7) is 0. The van der Waals surface area contributed by atoms with Gasteiger partial charge in [0.25, 0.3) is 12.2 Å². The van der Waals surface area contributed by atoms with Crippen molar-refractivity contribution in [1.29, 1.82) is 0 Å². The number of rotatable bonds is 0. The lowest BCUT2D eigenvalue weighted by Crippen LogP contribution is -2.56. The van der Waals surface area contributed by atoms with Gasteiger partial charge in [0.05, 0.1) is 0 Å². The zero-order valence-electron chi connectivity index (χ0n) is 6.02. The van der Waals surface area contributed by atoms with Gasteiger partial charge in [0, 0.05) is 0 Å². The predicted octanol–water partition coefficient (Wildman–Crippen LogP) is 3.57. The summed E-state index contributed by atoms with van der Waals surface area (Å²) < 4.78 is 95.3. The van der Waals surface area contributed by atoms with Gasteiger partial charge in [-0.3, -0.25) is 0 Å². The van der Waals surface area contributed by atoms with Gasteiger partial charge in [-0.1, -0.05) is 0 Å². The fourth-order valence-electron chi connectivity index (χ4n) is 0.992. The average Bonchev–Trinajstić information content (AvgIpc) is 1.97. The molecule has 1 aliphatic rings. The number of allylic oxidation sites excluding steroid dienone is 2. The Morgan fingerprint density at radius 1 is 0.643 bits per heavy atom. The minimum Gasteiger partial charge on any atom is -0.194 e. The maximum Gasteiger partial charge on any atom is 0.345 e. The van der Waals surface area contributed by atoms with Gasteiger partial charge in [-0.05, 0) is 0 Å². The van der Waals surface area contributed by atoms with Gasteiger partial charge in [0.1, 0.15) is 11.1 Å². The lowest BCUT2D eigenvalue weighted by Gasteiger charge is -2.39. The molecular weight excluding hydrogens is 224 g/mol. The summed E-state index contributed by atoms with van der Waals surface area (Å²) in [5.74, 6) is -10.5. The molecule has 0 aliphatic heterocycles. The van der Waals surface area contributed by atoms with Gasteiger partial charge in [-0.25, -0.2) is 0 Å². The Kier molecular flexibility index (Phi) is 2.13. The van der Waals surface area contributed by atoms with Crippen LogP contribution in [0, 0.1) is 0 Å². The summed E-state index contributed by atoms with van der Waals surface area (Å²) in [7, 11) is 0. The summed E-state index contributed by atoms with van der Waals surface area (Å²) in [4.78, 5) is 0. The zero-order valence-corrected chi connectivity index (χ0v) is 6.02. The molecule has 80 valence electrons. The van der Waals surface area contributed by atoms with Crippen LogP contribution in [0.5, 0.6) is 0 Å². The molecule has 0 heterocycles. The molecule has 0 saturated heterocycles. The van der Waals surface area contributed by atoms with Crippen molar-refractivity contribution in [3.63, 3.8) is 0 Å². The van der Waals surface area contributed by atoms with E-state index in [1.165, 1.54) is 0 Å². The van der Waals surface area contributed by atoms with E-state index in [9.17, 15) is 35.1 Å². The molecule has 1 rings (SSSR count). The normalized spacial score (nSPS) is 23.1. The van der Waals surface area contributed by atoms with Crippen LogP contribution < -0.4 is 0 Å². The smallest absolute Gasteiger partial charge is 0.194 e. The first-order valence-electron chi connectivity index (χ1n) is 3.01. The van der Waals surface area contributed by atoms with Gasteiger partial charge < -0.3 is 0 Å². The lowest BCUT2D eigenvalue weighted by atomic mass is 9.78. The Labute approximate surface area is 71.5 Å². The highest BCUT2D eigenvalue weighted by molar-refractivity contribution is 5.56. The fourth-order valence-corrected chi connectivity index (χ4v) is 0.992. The fraction of sp³-hybridized carbons (Fsp3) is 0.333. The molecule has 0 N–H and O–H groups in total. The van der Waals surface area contributed by atoms with Gasteiger partial charge in [-0.2, -0.15) is 35.1 Å². The minimum absolute atomic E-state index is 2.58. The number of alkyl halides is 4. The van der Waals surface area contributed by atoms with Crippen LogP contribution in [0.15, 0.2) is 23.3 Å². The summed E-state index contributed by atoms with van der Waals surface area (Å²) >= 11 is 0. The summed E-state index contributed by atoms with van der Waals surface area (Å²) in [6, 6.07) is 0. The minimum atomic E-state index is -5.23. The van der Waals surface area contributed by atoms with Crippen LogP contribution in [-0.2, 0) is 0 Å². The molecule has 0 aromatic heterocycles. The highest BCUT2D eigenvalue weighted by Crippen LogP contribution is 2.61. The third-order valence-electron chi connectivity index (χ3n) is 1.65. The molecule has 1 aliphatic carbocycles. The van der Waals surface area contributed by atoms with Crippen molar-refractivity contribution in [2.75, 3.05) is 0 Å². The number of hydrogen-bond donors (Lipinski definition) is 0. The molecule has 0 atom stereocenters. The molecule has 0 amide bonds. The molecule has 8 heteroatoms. The predicted molar refractivity (Wildman–Crippen MR) is 28.4 cm³/mol. The van der Waals surface area contributed by atoms with E-state index >= 15 is 0 Å². The van der Waals surface area contributed by atoms with E-state index in [1.54, 1.807) is 0 Å². The van der Waals surface area contributed by atoms with Crippen molar-refractivity contribution in [2.45, 2.75) is 11.8 Å². The van der Waals surface area contributed by atoms with E-state index in [-0.39, 0.29) is 0 Å². The molecule has 1 fully saturated rings. The molecule has 0 unspecified atom stereocenters. The third kappa shape index (κ3) is 1.05. The number of hydrogen-bond acceptors (Lipinski definition) is 0. The Morgan fingerprint density at radius 3 is 1.00 bits per heavy atom. The van der Waals surface area contributed by atoms with Gasteiger partial charge in [0.15, 0.2) is 0 Å². The maximum absolute atomic E-state index is 12.2. The van der Waals surface area contributed by atoms with Gasteiger partial charge >= 0.3 is 11.8 Å². The molecule has 0 bridgehead atoms. The van der Waals surface area contributed by atoms with Crippen LogP contribution in [0.4, 0.5) is 35.1 Å². The highest BCUT2D eigenvalue weighted by Gasteiger charge is 2.76. The van der Waals surface area contributed by atoms with Crippen LogP contribution in [-0.4, -0.2) is 11.8 Å². The topological polar surface area (TPSA) is 0 Å². The first-order valence-corrected chi connectivity index (χ1v) is 3.01.